The van der Waals surface area contributed by atoms with Gasteiger partial charge in [-0.05, 0) is 11.1 Å². The van der Waals surface area contributed by atoms with Gasteiger partial charge in [0.15, 0.2) is 0 Å². The van der Waals surface area contributed by atoms with Gasteiger partial charge in [-0.2, -0.15) is 0 Å². The van der Waals surface area contributed by atoms with Crippen LogP contribution in [0.3, 0.4) is 0 Å². The van der Waals surface area contributed by atoms with Crippen LogP contribution in [0, 0.1) is 0 Å². The van der Waals surface area contributed by atoms with E-state index in [1.54, 1.807) is 25.0 Å². The van der Waals surface area contributed by atoms with Gasteiger partial charge in [0, 0.05) is 14.2 Å². The van der Waals surface area contributed by atoms with E-state index in [2.05, 4.69) is 10.3 Å². The first-order chi connectivity index (χ1) is 8.22. The number of rotatable bonds is 4. The molecule has 1 atom stereocenters. The first-order valence-electron chi connectivity index (χ1n) is 5.33. The molecule has 0 aliphatic rings. The fourth-order valence-electron chi connectivity index (χ4n) is 1.68. The fourth-order valence-corrected chi connectivity index (χ4v) is 1.68. The molecule has 1 heterocycles. The van der Waals surface area contributed by atoms with Crippen LogP contribution in [0.5, 0.6) is 0 Å². The van der Waals surface area contributed by atoms with E-state index in [-0.39, 0.29) is 0 Å². The minimum atomic E-state index is -0.702. The third kappa shape index (κ3) is 2.51. The average Bonchev–Trinajstić information content (AvgIpc) is 2.76. The van der Waals surface area contributed by atoms with Gasteiger partial charge in [-0.25, -0.2) is 4.68 Å². The molecule has 5 nitrogen and oxygen atoms in total. The summed E-state index contributed by atoms with van der Waals surface area (Å²) in [5.74, 6) is 0. The predicted molar refractivity (Wildman–Crippen MR) is 62.2 cm³/mol. The lowest BCUT2D eigenvalue weighted by atomic mass is 10.1. The summed E-state index contributed by atoms with van der Waals surface area (Å²) in [6.45, 7) is 0.573. The van der Waals surface area contributed by atoms with E-state index in [1.807, 2.05) is 24.3 Å². The molecule has 2 aromatic rings. The summed E-state index contributed by atoms with van der Waals surface area (Å²) < 4.78 is 6.60. The van der Waals surface area contributed by atoms with Gasteiger partial charge in [-0.3, -0.25) is 0 Å². The van der Waals surface area contributed by atoms with Crippen molar-refractivity contribution in [3.05, 3.63) is 47.3 Å². The highest BCUT2D eigenvalue weighted by molar-refractivity contribution is 5.28. The summed E-state index contributed by atoms with van der Waals surface area (Å²) in [4.78, 5) is 0. The molecule has 0 fully saturated rings. The number of ether oxygens (including phenoxy) is 1. The Kier molecular flexibility index (Phi) is 3.51. The number of aliphatic hydroxyl groups excluding tert-OH is 1. The number of aromatic nitrogens is 3. The zero-order valence-electron chi connectivity index (χ0n) is 9.87. The van der Waals surface area contributed by atoms with Crippen LogP contribution in [0.25, 0.3) is 0 Å². The molecule has 2 rings (SSSR count). The molecule has 90 valence electrons. The maximum atomic E-state index is 10.2. The Morgan fingerprint density at radius 2 is 2.06 bits per heavy atom. The van der Waals surface area contributed by atoms with E-state index in [9.17, 15) is 5.11 Å². The molecule has 1 unspecified atom stereocenters. The molecule has 0 radical (unpaired) electrons. The van der Waals surface area contributed by atoms with E-state index in [1.165, 1.54) is 0 Å². The molecule has 5 heteroatoms. The van der Waals surface area contributed by atoms with Gasteiger partial charge in [0.05, 0.1) is 18.5 Å². The van der Waals surface area contributed by atoms with Crippen LogP contribution >= 0.6 is 0 Å². The number of hydrogen-bond donors (Lipinski definition) is 1. The summed E-state index contributed by atoms with van der Waals surface area (Å²) in [6.07, 6.45) is 0.861. The maximum absolute atomic E-state index is 10.2. The van der Waals surface area contributed by atoms with Crippen LogP contribution < -0.4 is 0 Å². The monoisotopic (exact) mass is 233 g/mol. The Hall–Kier alpha value is -1.72. The predicted octanol–water partition coefficient (Wildman–Crippen LogP) is 1.04. The van der Waals surface area contributed by atoms with Crippen molar-refractivity contribution >= 4 is 0 Å². The second kappa shape index (κ2) is 5.07. The molecule has 0 spiro atoms. The van der Waals surface area contributed by atoms with Gasteiger partial charge in [0.2, 0.25) is 0 Å². The topological polar surface area (TPSA) is 60.2 Å². The van der Waals surface area contributed by atoms with Gasteiger partial charge >= 0.3 is 0 Å². The molecule has 0 aliphatic heterocycles. The van der Waals surface area contributed by atoms with Crippen LogP contribution in [0.2, 0.25) is 0 Å². The molecule has 0 bridgehead atoms. The Balaban J connectivity index is 2.20. The van der Waals surface area contributed by atoms with Crippen molar-refractivity contribution < 1.29 is 9.84 Å². The van der Waals surface area contributed by atoms with Gasteiger partial charge in [-0.1, -0.05) is 29.5 Å². The third-order valence-corrected chi connectivity index (χ3v) is 2.64. The lowest BCUT2D eigenvalue weighted by Crippen LogP contribution is -2.06. The minimum absolute atomic E-state index is 0.573. The molecule has 1 aromatic heterocycles. The Morgan fingerprint density at radius 3 is 2.59 bits per heavy atom. The molecule has 17 heavy (non-hydrogen) atoms. The van der Waals surface area contributed by atoms with Crippen molar-refractivity contribution in [2.45, 2.75) is 12.7 Å². The van der Waals surface area contributed by atoms with Gasteiger partial charge < -0.3 is 9.84 Å². The number of aryl methyl sites for hydroxylation is 1. The summed E-state index contributed by atoms with van der Waals surface area (Å²) in [5, 5.41) is 17.7. The molecule has 0 saturated carbocycles. The van der Waals surface area contributed by atoms with Crippen LogP contribution in [0.1, 0.15) is 22.9 Å². The minimum Gasteiger partial charge on any atom is -0.382 e. The van der Waals surface area contributed by atoms with Crippen molar-refractivity contribution in [3.8, 4) is 0 Å². The highest BCUT2D eigenvalue weighted by Crippen LogP contribution is 2.20. The summed E-state index contributed by atoms with van der Waals surface area (Å²) in [6, 6.07) is 7.63. The molecular formula is C12H15N3O2. The van der Waals surface area contributed by atoms with Crippen molar-refractivity contribution in [2.24, 2.45) is 7.05 Å². The van der Waals surface area contributed by atoms with E-state index < -0.39 is 6.10 Å². The van der Waals surface area contributed by atoms with Crippen molar-refractivity contribution in [3.63, 3.8) is 0 Å². The zero-order chi connectivity index (χ0) is 12.3. The molecule has 0 saturated heterocycles. The average molecular weight is 233 g/mol. The van der Waals surface area contributed by atoms with Crippen LogP contribution in [-0.2, 0) is 18.4 Å². The first kappa shape index (κ1) is 11.8. The highest BCUT2D eigenvalue weighted by Gasteiger charge is 2.14. The van der Waals surface area contributed by atoms with Gasteiger partial charge in [-0.15, -0.1) is 5.10 Å². The normalized spacial score (nSPS) is 12.6. The second-order valence-electron chi connectivity index (χ2n) is 3.86. The smallest absolute Gasteiger partial charge is 0.122 e. The number of nitrogens with zero attached hydrogens (tertiary/aromatic N) is 3. The second-order valence-corrected chi connectivity index (χ2v) is 3.86. The summed E-state index contributed by atoms with van der Waals surface area (Å²) >= 11 is 0. The highest BCUT2D eigenvalue weighted by atomic mass is 16.5. The fraction of sp³-hybridized carbons (Fsp3) is 0.333. The van der Waals surface area contributed by atoms with Crippen molar-refractivity contribution in [2.75, 3.05) is 7.11 Å². The quantitative estimate of drug-likeness (QED) is 0.857. The Labute approximate surface area is 99.7 Å². The molecule has 1 aromatic carbocycles. The third-order valence-electron chi connectivity index (χ3n) is 2.64. The van der Waals surface area contributed by atoms with Crippen molar-refractivity contribution in [1.82, 2.24) is 15.0 Å². The summed E-state index contributed by atoms with van der Waals surface area (Å²) in [7, 11) is 3.41. The number of hydrogen-bond acceptors (Lipinski definition) is 4. The van der Waals surface area contributed by atoms with Crippen LogP contribution in [-0.4, -0.2) is 27.2 Å². The SMILES string of the molecule is COCc1ccc(C(O)c2cnnn2C)cc1. The number of benzene rings is 1. The number of aliphatic hydroxyl groups is 1. The van der Waals surface area contributed by atoms with Gasteiger partial charge in [0.25, 0.3) is 0 Å². The van der Waals surface area contributed by atoms with Crippen molar-refractivity contribution in [1.29, 1.82) is 0 Å². The number of methoxy groups -OCH3 is 1. The van der Waals surface area contributed by atoms with Gasteiger partial charge in [0.1, 0.15) is 6.10 Å². The van der Waals surface area contributed by atoms with Crippen LogP contribution in [0.4, 0.5) is 0 Å². The maximum Gasteiger partial charge on any atom is 0.122 e. The Morgan fingerprint density at radius 1 is 1.35 bits per heavy atom. The first-order valence-corrected chi connectivity index (χ1v) is 5.33. The largest absolute Gasteiger partial charge is 0.382 e. The van der Waals surface area contributed by atoms with E-state index in [4.69, 9.17) is 4.74 Å². The molecule has 0 aliphatic carbocycles. The van der Waals surface area contributed by atoms with Crippen LogP contribution in [0.15, 0.2) is 30.5 Å². The molecule has 0 amide bonds. The van der Waals surface area contributed by atoms with E-state index in [0.29, 0.717) is 12.3 Å². The van der Waals surface area contributed by atoms with E-state index >= 15 is 0 Å². The molecule has 1 N–H and O–H groups in total. The lowest BCUT2D eigenvalue weighted by Gasteiger charge is -2.11. The standard InChI is InChI=1S/C12H15N3O2/c1-15-11(7-13-14-15)12(16)10-5-3-9(4-6-10)8-17-2/h3-7,12,16H,8H2,1-2H3. The molecular weight excluding hydrogens is 218 g/mol. The zero-order valence-corrected chi connectivity index (χ0v) is 9.87. The summed E-state index contributed by atoms with van der Waals surface area (Å²) in [5.41, 5.74) is 2.56. The van der Waals surface area contributed by atoms with E-state index in [0.717, 1.165) is 11.1 Å². The Bertz CT molecular complexity index is 479. The lowest BCUT2D eigenvalue weighted by molar-refractivity contribution is 0.184.